The van der Waals surface area contributed by atoms with Crippen LogP contribution in [0.1, 0.15) is 80.1 Å². The maximum absolute atomic E-state index is 14.5. The molecular weight excluding hydrogens is 561 g/mol. The van der Waals surface area contributed by atoms with Gasteiger partial charge in [-0.2, -0.15) is 0 Å². The molecule has 7 nitrogen and oxygen atoms in total. The van der Waals surface area contributed by atoms with Crippen molar-refractivity contribution in [1.29, 1.82) is 0 Å². The molecule has 2 fully saturated rings. The molecule has 3 aliphatic heterocycles. The second kappa shape index (κ2) is 12.3. The number of nitrogens with one attached hydrogen (secondary N) is 1. The SMILES string of the molecule is Cc1cc(C(=O)N2CCN(C(C)(C)C)CC2)ccc1CCSN1CCC2(CC1)N=C(c1cccc(C(C)(C)F)c1)NC2=O. The molecule has 0 atom stereocenters. The third kappa shape index (κ3) is 7.15. The summed E-state index contributed by atoms with van der Waals surface area (Å²) in [6.07, 6.45) is 2.23. The van der Waals surface area contributed by atoms with Crippen molar-refractivity contribution in [2.45, 2.75) is 77.6 Å². The molecule has 5 rings (SSSR count). The molecule has 232 valence electrons. The molecule has 1 N–H and O–H groups in total. The number of aliphatic imine (C=N–C) groups is 1. The standard InChI is InChI=1S/C34H46FN5O2S/c1-24-22-27(30(41)38-17-19-39(20-18-38)32(2,3)4)11-10-25(24)12-21-43-40-15-13-34(14-16-40)31(42)36-29(37-34)26-8-7-9-28(23-26)33(5,6)35/h7-11,22-23H,12-21H2,1-6H3,(H,36,37,42). The summed E-state index contributed by atoms with van der Waals surface area (Å²) in [4.78, 5) is 35.5. The number of piperazine rings is 1. The second-order valence-corrected chi connectivity index (χ2v) is 14.8. The Morgan fingerprint density at radius 1 is 1.00 bits per heavy atom. The smallest absolute Gasteiger partial charge is 0.253 e. The Hall–Kier alpha value is -2.75. The Morgan fingerprint density at radius 3 is 2.33 bits per heavy atom. The minimum atomic E-state index is -1.46. The molecule has 2 saturated heterocycles. The quantitative estimate of drug-likeness (QED) is 0.430. The molecular formula is C34H46FN5O2S. The normalized spacial score (nSPS) is 19.9. The van der Waals surface area contributed by atoms with Crippen molar-refractivity contribution in [3.63, 3.8) is 0 Å². The Morgan fingerprint density at radius 2 is 1.70 bits per heavy atom. The van der Waals surface area contributed by atoms with E-state index >= 15 is 0 Å². The van der Waals surface area contributed by atoms with E-state index in [1.54, 1.807) is 12.1 Å². The van der Waals surface area contributed by atoms with E-state index in [2.05, 4.69) is 48.3 Å². The van der Waals surface area contributed by atoms with Crippen LogP contribution in [0, 0.1) is 6.92 Å². The number of carbonyl (C=O) groups is 2. The van der Waals surface area contributed by atoms with Gasteiger partial charge in [0.2, 0.25) is 0 Å². The Bertz CT molecular complexity index is 1380. The molecule has 9 heteroatoms. The maximum Gasteiger partial charge on any atom is 0.253 e. The summed E-state index contributed by atoms with van der Waals surface area (Å²) in [5.41, 5.74) is 2.43. The molecule has 0 aliphatic carbocycles. The van der Waals surface area contributed by atoms with Crippen LogP contribution in [0.25, 0.3) is 0 Å². The average molecular weight is 608 g/mol. The van der Waals surface area contributed by atoms with Gasteiger partial charge in [0, 0.05) is 61.7 Å². The van der Waals surface area contributed by atoms with Crippen molar-refractivity contribution in [3.05, 3.63) is 70.3 Å². The molecule has 2 aromatic carbocycles. The Kier molecular flexibility index (Phi) is 9.08. The number of nitrogens with zero attached hydrogens (tertiary/aromatic N) is 4. The zero-order valence-corrected chi connectivity index (χ0v) is 27.3. The van der Waals surface area contributed by atoms with E-state index in [1.165, 1.54) is 19.4 Å². The van der Waals surface area contributed by atoms with Crippen molar-refractivity contribution in [2.75, 3.05) is 45.0 Å². The number of amides is 2. The van der Waals surface area contributed by atoms with Gasteiger partial charge in [-0.3, -0.25) is 23.8 Å². The highest BCUT2D eigenvalue weighted by atomic mass is 32.2. The minimum absolute atomic E-state index is 0.0570. The summed E-state index contributed by atoms with van der Waals surface area (Å²) < 4.78 is 16.8. The first kappa shape index (κ1) is 31.7. The van der Waals surface area contributed by atoms with Crippen molar-refractivity contribution >= 4 is 29.6 Å². The number of carbonyl (C=O) groups excluding carboxylic acids is 2. The number of alkyl halides is 1. The summed E-state index contributed by atoms with van der Waals surface area (Å²) >= 11 is 1.81. The van der Waals surface area contributed by atoms with Gasteiger partial charge in [0.05, 0.1) is 0 Å². The predicted molar refractivity (Wildman–Crippen MR) is 173 cm³/mol. The van der Waals surface area contributed by atoms with E-state index in [0.29, 0.717) is 24.2 Å². The second-order valence-electron chi connectivity index (χ2n) is 13.6. The van der Waals surface area contributed by atoms with Gasteiger partial charge < -0.3 is 10.2 Å². The third-order valence-electron chi connectivity index (χ3n) is 9.10. The first-order chi connectivity index (χ1) is 20.2. The van der Waals surface area contributed by atoms with Gasteiger partial charge in [-0.25, -0.2) is 4.39 Å². The molecule has 43 heavy (non-hydrogen) atoms. The summed E-state index contributed by atoms with van der Waals surface area (Å²) in [5.74, 6) is 1.54. The van der Waals surface area contributed by atoms with Gasteiger partial charge in [-0.1, -0.05) is 36.2 Å². The van der Waals surface area contributed by atoms with Crippen molar-refractivity contribution in [3.8, 4) is 0 Å². The van der Waals surface area contributed by atoms with Gasteiger partial charge >= 0.3 is 0 Å². The first-order valence-electron chi connectivity index (χ1n) is 15.5. The number of hydrogen-bond donors (Lipinski definition) is 1. The Labute approximate surface area is 260 Å². The molecule has 0 saturated carbocycles. The number of aryl methyl sites for hydroxylation is 2. The summed E-state index contributed by atoms with van der Waals surface area (Å²) in [7, 11) is 0. The third-order valence-corrected chi connectivity index (χ3v) is 10.2. The minimum Gasteiger partial charge on any atom is -0.336 e. The lowest BCUT2D eigenvalue weighted by Crippen LogP contribution is -2.54. The van der Waals surface area contributed by atoms with Crippen LogP contribution in [0.2, 0.25) is 0 Å². The molecule has 0 aromatic heterocycles. The lowest BCUT2D eigenvalue weighted by atomic mass is 9.89. The van der Waals surface area contributed by atoms with Gasteiger partial charge in [0.15, 0.2) is 0 Å². The van der Waals surface area contributed by atoms with Crippen LogP contribution in [-0.2, 0) is 16.9 Å². The molecule has 3 heterocycles. The van der Waals surface area contributed by atoms with E-state index in [9.17, 15) is 14.0 Å². The monoisotopic (exact) mass is 607 g/mol. The summed E-state index contributed by atoms with van der Waals surface area (Å²) in [6.45, 7) is 16.7. The molecule has 0 unspecified atom stereocenters. The predicted octanol–water partition coefficient (Wildman–Crippen LogP) is 5.36. The van der Waals surface area contributed by atoms with Crippen LogP contribution in [0.3, 0.4) is 0 Å². The fraction of sp³-hybridized carbons (Fsp3) is 0.559. The number of piperidine rings is 1. The van der Waals surface area contributed by atoms with Gasteiger partial charge in [0.1, 0.15) is 17.0 Å². The van der Waals surface area contributed by atoms with Gasteiger partial charge in [-0.15, -0.1) is 0 Å². The number of hydrogen-bond acceptors (Lipinski definition) is 6. The lowest BCUT2D eigenvalue weighted by Gasteiger charge is -2.42. The lowest BCUT2D eigenvalue weighted by molar-refractivity contribution is -0.124. The topological polar surface area (TPSA) is 68.2 Å². The van der Waals surface area contributed by atoms with Crippen LogP contribution in [0.4, 0.5) is 4.39 Å². The maximum atomic E-state index is 14.5. The molecule has 0 bridgehead atoms. The van der Waals surface area contributed by atoms with E-state index in [0.717, 1.165) is 68.1 Å². The molecule has 3 aliphatic rings. The van der Waals surface area contributed by atoms with Crippen molar-refractivity contribution in [2.24, 2.45) is 4.99 Å². The zero-order chi connectivity index (χ0) is 31.0. The number of halogens is 1. The number of rotatable bonds is 7. The highest BCUT2D eigenvalue weighted by Crippen LogP contribution is 2.34. The van der Waals surface area contributed by atoms with Crippen LogP contribution >= 0.6 is 11.9 Å². The van der Waals surface area contributed by atoms with Crippen LogP contribution in [0.15, 0.2) is 47.5 Å². The fourth-order valence-electron chi connectivity index (χ4n) is 6.17. The molecule has 2 amide bonds. The van der Waals surface area contributed by atoms with E-state index < -0.39 is 11.2 Å². The van der Waals surface area contributed by atoms with Gasteiger partial charge in [-0.05, 0) is 95.7 Å². The van der Waals surface area contributed by atoms with Crippen LogP contribution in [0.5, 0.6) is 0 Å². The highest BCUT2D eigenvalue weighted by molar-refractivity contribution is 7.97. The average Bonchev–Trinajstić information content (AvgIpc) is 3.29. The van der Waals surface area contributed by atoms with Gasteiger partial charge in [0.25, 0.3) is 11.8 Å². The van der Waals surface area contributed by atoms with Crippen LogP contribution < -0.4 is 5.32 Å². The molecule has 0 radical (unpaired) electrons. The van der Waals surface area contributed by atoms with Crippen LogP contribution in [-0.4, -0.2) is 87.9 Å². The van der Waals surface area contributed by atoms with E-state index in [4.69, 9.17) is 4.99 Å². The largest absolute Gasteiger partial charge is 0.336 e. The van der Waals surface area contributed by atoms with E-state index in [1.807, 2.05) is 41.1 Å². The molecule has 2 aromatic rings. The first-order valence-corrected chi connectivity index (χ1v) is 16.4. The van der Waals surface area contributed by atoms with Crippen molar-refractivity contribution < 1.29 is 14.0 Å². The highest BCUT2D eigenvalue weighted by Gasteiger charge is 2.46. The fourth-order valence-corrected chi connectivity index (χ4v) is 7.18. The molecule has 1 spiro atoms. The van der Waals surface area contributed by atoms with Crippen molar-refractivity contribution in [1.82, 2.24) is 19.4 Å². The summed E-state index contributed by atoms with van der Waals surface area (Å²) in [6, 6.07) is 13.4. The number of amidine groups is 1. The van der Waals surface area contributed by atoms with E-state index in [-0.39, 0.29) is 17.4 Å². The zero-order valence-electron chi connectivity index (χ0n) is 26.5. The Balaban J connectivity index is 1.11. The summed E-state index contributed by atoms with van der Waals surface area (Å²) in [5, 5.41) is 2.97. The number of benzene rings is 2.